The zero-order chi connectivity index (χ0) is 45.2. The molecule has 0 fully saturated rings. The number of terminal acetylenes is 2. The van der Waals surface area contributed by atoms with Crippen LogP contribution in [0.2, 0.25) is 0 Å². The molecule has 0 heterocycles. The molecule has 7 aromatic rings. The molecule has 0 saturated carbocycles. The highest BCUT2D eigenvalue weighted by Gasteiger charge is 2.47. The second kappa shape index (κ2) is 21.4. The molecule has 0 saturated heterocycles. The minimum Gasteiger partial charge on any atom is -0.494 e. The summed E-state index contributed by atoms with van der Waals surface area (Å²) in [5.74, 6) is 7.82. The first-order valence-electron chi connectivity index (χ1n) is 25.3. The van der Waals surface area contributed by atoms with Gasteiger partial charge in [0.2, 0.25) is 0 Å². The third-order valence-corrected chi connectivity index (χ3v) is 14.4. The van der Waals surface area contributed by atoms with E-state index in [-0.39, 0.29) is 11.8 Å². The molecule has 0 N–H and O–H groups in total. The van der Waals surface area contributed by atoms with Gasteiger partial charge in [-0.1, -0.05) is 188 Å². The van der Waals surface area contributed by atoms with Crippen LogP contribution < -0.4 is 9.47 Å². The van der Waals surface area contributed by atoms with Gasteiger partial charge in [0.05, 0.1) is 13.2 Å². The van der Waals surface area contributed by atoms with Gasteiger partial charge in [-0.25, -0.2) is 0 Å². The summed E-state index contributed by atoms with van der Waals surface area (Å²) in [7, 11) is 0. The lowest BCUT2D eigenvalue weighted by molar-refractivity contribution is 0.304. The number of unbranched alkanes of at least 4 members (excludes halogenated alkanes) is 14. The Morgan fingerprint density at radius 1 is 0.409 bits per heavy atom. The molecule has 2 atom stereocenters. The van der Waals surface area contributed by atoms with E-state index in [1.165, 1.54) is 167 Å². The molecular formula is C64H66O2. The van der Waals surface area contributed by atoms with Crippen molar-refractivity contribution in [3.8, 4) is 58.4 Å². The van der Waals surface area contributed by atoms with E-state index >= 15 is 0 Å². The third kappa shape index (κ3) is 9.14. The first-order valence-corrected chi connectivity index (χ1v) is 25.3. The van der Waals surface area contributed by atoms with Crippen molar-refractivity contribution in [1.82, 2.24) is 0 Å². The minimum absolute atomic E-state index is 0.118. The molecule has 0 amide bonds. The molecule has 334 valence electrons. The van der Waals surface area contributed by atoms with Crippen LogP contribution >= 0.6 is 0 Å². The van der Waals surface area contributed by atoms with Gasteiger partial charge in [-0.05, 0) is 139 Å². The Balaban J connectivity index is 1.15. The van der Waals surface area contributed by atoms with Gasteiger partial charge in [0.25, 0.3) is 0 Å². The number of ether oxygens (including phenoxy) is 2. The van der Waals surface area contributed by atoms with Crippen LogP contribution in [0.15, 0.2) is 121 Å². The lowest BCUT2D eigenvalue weighted by Gasteiger charge is -2.46. The Morgan fingerprint density at radius 3 is 1.15 bits per heavy atom. The second-order valence-electron chi connectivity index (χ2n) is 18.8. The fraction of sp³-hybridized carbons (Fsp3) is 0.344. The van der Waals surface area contributed by atoms with Gasteiger partial charge in [0, 0.05) is 23.0 Å². The summed E-state index contributed by atoms with van der Waals surface area (Å²) in [4.78, 5) is 0. The molecule has 3 aliphatic rings. The van der Waals surface area contributed by atoms with E-state index in [0.717, 1.165) is 48.7 Å². The Kier molecular flexibility index (Phi) is 14.6. The van der Waals surface area contributed by atoms with Crippen molar-refractivity contribution in [3.05, 3.63) is 166 Å². The summed E-state index contributed by atoms with van der Waals surface area (Å²) < 4.78 is 12.8. The van der Waals surface area contributed by atoms with Gasteiger partial charge < -0.3 is 9.47 Å². The summed E-state index contributed by atoms with van der Waals surface area (Å²) in [5, 5.41) is 4.89. The molecule has 2 unspecified atom stereocenters. The maximum Gasteiger partial charge on any atom is 0.119 e. The topological polar surface area (TPSA) is 18.5 Å². The van der Waals surface area contributed by atoms with Crippen LogP contribution in [0.25, 0.3) is 43.8 Å². The lowest BCUT2D eigenvalue weighted by Crippen LogP contribution is -2.30. The fourth-order valence-electron chi connectivity index (χ4n) is 11.2. The molecule has 7 aromatic carbocycles. The van der Waals surface area contributed by atoms with Crippen LogP contribution in [0.4, 0.5) is 0 Å². The fourth-order valence-corrected chi connectivity index (χ4v) is 11.2. The largest absolute Gasteiger partial charge is 0.494 e. The summed E-state index contributed by atoms with van der Waals surface area (Å²) >= 11 is 0. The van der Waals surface area contributed by atoms with Crippen LogP contribution in [0.1, 0.15) is 173 Å². The molecule has 2 nitrogen and oxygen atoms in total. The van der Waals surface area contributed by atoms with Crippen molar-refractivity contribution in [2.75, 3.05) is 13.2 Å². The maximum absolute atomic E-state index is 6.44. The summed E-state index contributed by atoms with van der Waals surface area (Å²) in [5.41, 5.74) is 14.2. The lowest BCUT2D eigenvalue weighted by atomic mass is 9.56. The highest BCUT2D eigenvalue weighted by Crippen LogP contribution is 2.63. The standard InChI is InChI=1S/C64H66O2/c1-5-9-11-13-15-17-19-25-41-65-51-37-33-47(34-38-51)57-55-43-49-27-21-22-28-50(49)44-56(55)58(48-35-39-52(40-36-48)66-42-26-20-18-16-14-12-10-6-2)64-62-54-30-24-23-29-53(54)61(63(57)64)59-45(7-3)31-32-46(8-4)60(59)62/h3-4,21-24,27-40,43-44,61-62H,5-6,9-20,25-26,41-42H2,1-2H3. The molecule has 3 aliphatic carbocycles. The van der Waals surface area contributed by atoms with E-state index in [1.54, 1.807) is 0 Å². The predicted octanol–water partition coefficient (Wildman–Crippen LogP) is 17.3. The second-order valence-corrected chi connectivity index (χ2v) is 18.8. The minimum atomic E-state index is -0.118. The summed E-state index contributed by atoms with van der Waals surface area (Å²) in [6, 6.07) is 44.5. The van der Waals surface area contributed by atoms with E-state index < -0.39 is 0 Å². The van der Waals surface area contributed by atoms with Gasteiger partial charge >= 0.3 is 0 Å². The molecule has 0 radical (unpaired) electrons. The van der Waals surface area contributed by atoms with Crippen molar-refractivity contribution < 1.29 is 9.47 Å². The molecular weight excluding hydrogens is 801 g/mol. The van der Waals surface area contributed by atoms with Crippen LogP contribution in [0.5, 0.6) is 11.5 Å². The van der Waals surface area contributed by atoms with Gasteiger partial charge in [-0.15, -0.1) is 12.8 Å². The number of hydrogen-bond donors (Lipinski definition) is 0. The number of rotatable bonds is 22. The highest BCUT2D eigenvalue weighted by molar-refractivity contribution is 6.14. The van der Waals surface area contributed by atoms with Crippen LogP contribution in [0, 0.1) is 24.7 Å². The number of fused-ring (bicyclic) bond motifs is 2. The zero-order valence-corrected chi connectivity index (χ0v) is 39.4. The van der Waals surface area contributed by atoms with Crippen molar-refractivity contribution in [1.29, 1.82) is 0 Å². The van der Waals surface area contributed by atoms with Crippen LogP contribution in [-0.4, -0.2) is 13.2 Å². The molecule has 2 heteroatoms. The van der Waals surface area contributed by atoms with Crippen molar-refractivity contribution >= 4 is 21.5 Å². The average molecular weight is 867 g/mol. The molecule has 0 spiro atoms. The Hall–Kier alpha value is -6.22. The predicted molar refractivity (Wildman–Crippen MR) is 279 cm³/mol. The molecule has 0 aromatic heterocycles. The van der Waals surface area contributed by atoms with Crippen LogP contribution in [0.3, 0.4) is 0 Å². The smallest absolute Gasteiger partial charge is 0.119 e. The van der Waals surface area contributed by atoms with Crippen molar-refractivity contribution in [2.45, 2.75) is 128 Å². The van der Waals surface area contributed by atoms with E-state index in [4.69, 9.17) is 22.3 Å². The number of benzene rings is 7. The Morgan fingerprint density at radius 2 is 0.773 bits per heavy atom. The average Bonchev–Trinajstić information content (AvgIpc) is 3.36. The van der Waals surface area contributed by atoms with E-state index in [9.17, 15) is 0 Å². The first-order chi connectivity index (χ1) is 32.6. The van der Waals surface area contributed by atoms with Gasteiger partial charge in [0.1, 0.15) is 11.5 Å². The SMILES string of the molecule is C#Cc1ccc(C#C)c2c1C1c3ccccc3C2c2c1c(-c1ccc(OCCCCCCCCCC)cc1)c1cc3ccccc3cc1c2-c1ccc(OCCCCCCCCCC)cc1. The van der Waals surface area contributed by atoms with Crippen LogP contribution in [-0.2, 0) is 0 Å². The van der Waals surface area contributed by atoms with Crippen molar-refractivity contribution in [3.63, 3.8) is 0 Å². The Bertz CT molecular complexity index is 2670. The molecule has 2 bridgehead atoms. The van der Waals surface area contributed by atoms with Crippen molar-refractivity contribution in [2.24, 2.45) is 0 Å². The van der Waals surface area contributed by atoms with Gasteiger partial charge in [-0.3, -0.25) is 0 Å². The molecule has 0 aliphatic heterocycles. The monoisotopic (exact) mass is 867 g/mol. The van der Waals surface area contributed by atoms with E-state index in [0.29, 0.717) is 0 Å². The quantitative estimate of drug-likeness (QED) is 0.0384. The normalized spacial score (nSPS) is 14.4. The first kappa shape index (κ1) is 45.0. The summed E-state index contributed by atoms with van der Waals surface area (Å²) in [6.45, 7) is 6.03. The van der Waals surface area contributed by atoms with E-state index in [2.05, 4.69) is 147 Å². The van der Waals surface area contributed by atoms with E-state index in [1.807, 2.05) is 0 Å². The number of hydrogen-bond acceptors (Lipinski definition) is 2. The zero-order valence-electron chi connectivity index (χ0n) is 39.4. The third-order valence-electron chi connectivity index (χ3n) is 14.4. The molecule has 66 heavy (non-hydrogen) atoms. The maximum atomic E-state index is 6.44. The summed E-state index contributed by atoms with van der Waals surface area (Å²) in [6.07, 6.45) is 33.4. The van der Waals surface area contributed by atoms with Gasteiger partial charge in [-0.2, -0.15) is 0 Å². The Labute approximate surface area is 395 Å². The highest BCUT2D eigenvalue weighted by atomic mass is 16.5. The van der Waals surface area contributed by atoms with Gasteiger partial charge in [0.15, 0.2) is 0 Å². The molecule has 10 rings (SSSR count).